The number of methoxy groups -OCH3 is 1. The Morgan fingerprint density at radius 3 is 2.39 bits per heavy atom. The molecule has 1 aromatic rings. The minimum absolute atomic E-state index is 0.174. The maximum Gasteiger partial charge on any atom is 0.411 e. The first-order chi connectivity index (χ1) is 15.3. The Kier molecular flexibility index (Phi) is 9.14. The molecule has 0 spiro atoms. The van der Waals surface area contributed by atoms with Crippen LogP contribution in [0.25, 0.3) is 0 Å². The average Bonchev–Trinajstić information content (AvgIpc) is 2.94. The summed E-state index contributed by atoms with van der Waals surface area (Å²) in [6, 6.07) is 9.54. The molecule has 0 aromatic heterocycles. The third-order valence-electron chi connectivity index (χ3n) is 5.15. The fraction of sp³-hybridized carbons (Fsp3) is 0.560. The number of hydrogen-bond acceptors (Lipinski definition) is 7. The number of allylic oxidation sites excluding steroid dienone is 1. The Hall–Kier alpha value is -2.32. The molecule has 1 saturated heterocycles. The van der Waals surface area contributed by atoms with Crippen LogP contribution in [0.1, 0.15) is 53.0 Å². The molecule has 8 heteroatoms. The van der Waals surface area contributed by atoms with E-state index in [1.54, 1.807) is 22.7 Å². The molecule has 1 aliphatic heterocycles. The summed E-state index contributed by atoms with van der Waals surface area (Å²) in [5, 5.41) is 9.77. The van der Waals surface area contributed by atoms with Gasteiger partial charge in [-0.3, -0.25) is 14.5 Å². The van der Waals surface area contributed by atoms with Crippen molar-refractivity contribution in [2.75, 3.05) is 7.11 Å². The Labute approximate surface area is 200 Å². The summed E-state index contributed by atoms with van der Waals surface area (Å²) in [5.41, 5.74) is 0.444. The second-order valence-corrected chi connectivity index (χ2v) is 11.5. The van der Waals surface area contributed by atoms with E-state index in [-0.39, 0.29) is 28.7 Å². The van der Waals surface area contributed by atoms with E-state index in [2.05, 4.69) is 4.74 Å². The molecule has 0 aliphatic carbocycles. The molecule has 1 aliphatic rings. The number of rotatable bonds is 8. The van der Waals surface area contributed by atoms with Crippen molar-refractivity contribution >= 4 is 29.6 Å². The van der Waals surface area contributed by atoms with Crippen molar-refractivity contribution in [2.24, 2.45) is 0 Å². The highest BCUT2D eigenvalue weighted by Crippen LogP contribution is 2.46. The quantitative estimate of drug-likeness (QED) is 0.445. The van der Waals surface area contributed by atoms with Gasteiger partial charge in [-0.2, -0.15) is 0 Å². The van der Waals surface area contributed by atoms with Crippen molar-refractivity contribution in [1.82, 2.24) is 4.90 Å². The standard InChI is InChI=1S/C25H35NO6S/c1-24(2,3)32-23(30)26-20(13-12-18(27)15-19(28)16-22(29)31-6)25(4,5)33-21(26)14-17-10-8-7-9-11-17/h7-13,19-21,28H,14-16H2,1-6H3/t19-,20-,21?/m0/s1. The van der Waals surface area contributed by atoms with Crippen LogP contribution in [0.2, 0.25) is 0 Å². The topological polar surface area (TPSA) is 93.1 Å². The number of ether oxygens (including phenoxy) is 2. The molecule has 0 radical (unpaired) electrons. The smallest absolute Gasteiger partial charge is 0.411 e. The van der Waals surface area contributed by atoms with E-state index in [4.69, 9.17) is 4.74 Å². The molecule has 7 nitrogen and oxygen atoms in total. The van der Waals surface area contributed by atoms with Gasteiger partial charge in [-0.1, -0.05) is 36.4 Å². The van der Waals surface area contributed by atoms with Gasteiger partial charge in [0, 0.05) is 17.6 Å². The lowest BCUT2D eigenvalue weighted by Gasteiger charge is -2.33. The predicted molar refractivity (Wildman–Crippen MR) is 129 cm³/mol. The monoisotopic (exact) mass is 477 g/mol. The molecule has 1 unspecified atom stereocenters. The Morgan fingerprint density at radius 1 is 1.18 bits per heavy atom. The molecule has 0 saturated carbocycles. The van der Waals surface area contributed by atoms with Crippen molar-refractivity contribution in [1.29, 1.82) is 0 Å². The minimum atomic E-state index is -1.12. The molecule has 1 N–H and O–H groups in total. The lowest BCUT2D eigenvalue weighted by Crippen LogP contribution is -2.47. The van der Waals surface area contributed by atoms with Crippen molar-refractivity contribution < 1.29 is 29.0 Å². The summed E-state index contributed by atoms with van der Waals surface area (Å²) in [7, 11) is 1.23. The number of aliphatic hydroxyl groups is 1. The van der Waals surface area contributed by atoms with E-state index in [1.807, 2.05) is 65.0 Å². The van der Waals surface area contributed by atoms with Gasteiger partial charge in [0.25, 0.3) is 0 Å². The molecular formula is C25H35NO6S. The molecule has 33 heavy (non-hydrogen) atoms. The van der Waals surface area contributed by atoms with Crippen molar-refractivity contribution in [3.05, 3.63) is 48.0 Å². The van der Waals surface area contributed by atoms with E-state index < -0.39 is 29.8 Å². The number of thioether (sulfide) groups is 1. The third kappa shape index (κ3) is 8.19. The molecule has 1 heterocycles. The van der Waals surface area contributed by atoms with E-state index in [9.17, 15) is 19.5 Å². The SMILES string of the molecule is COC(=O)C[C@@H](O)CC(=O)C=C[C@@H]1N(C(=O)OC(C)(C)C)C(Cc2ccccc2)SC1(C)C. The second kappa shape index (κ2) is 11.2. The summed E-state index contributed by atoms with van der Waals surface area (Å²) >= 11 is 1.66. The van der Waals surface area contributed by atoms with E-state index in [1.165, 1.54) is 13.2 Å². The zero-order chi connectivity index (χ0) is 24.8. The van der Waals surface area contributed by atoms with E-state index in [0.29, 0.717) is 6.42 Å². The zero-order valence-electron chi connectivity index (χ0n) is 20.2. The molecule has 3 atom stereocenters. The van der Waals surface area contributed by atoms with Crippen molar-refractivity contribution in [2.45, 2.75) is 81.7 Å². The number of esters is 1. The van der Waals surface area contributed by atoms with Crippen LogP contribution >= 0.6 is 11.8 Å². The second-order valence-electron chi connectivity index (χ2n) is 9.66. The van der Waals surface area contributed by atoms with Gasteiger partial charge < -0.3 is 14.6 Å². The number of nitrogens with zero attached hydrogens (tertiary/aromatic N) is 1. The number of ketones is 1. The summed E-state index contributed by atoms with van der Waals surface area (Å²) in [4.78, 5) is 38.7. The van der Waals surface area contributed by atoms with E-state index >= 15 is 0 Å². The van der Waals surface area contributed by atoms with Crippen LogP contribution in [0.4, 0.5) is 4.79 Å². The highest BCUT2D eigenvalue weighted by atomic mass is 32.2. The fourth-order valence-electron chi connectivity index (χ4n) is 3.66. The number of amides is 1. The first-order valence-electron chi connectivity index (χ1n) is 11.0. The number of carbonyl (C=O) groups is 3. The van der Waals surface area contributed by atoms with Gasteiger partial charge in [0.1, 0.15) is 5.60 Å². The fourth-order valence-corrected chi connectivity index (χ4v) is 5.30. The molecule has 1 amide bonds. The Bertz CT molecular complexity index is 861. The van der Waals surface area contributed by atoms with Gasteiger partial charge in [-0.25, -0.2) is 4.79 Å². The highest BCUT2D eigenvalue weighted by Gasteiger charge is 2.49. The van der Waals surface area contributed by atoms with Gasteiger partial charge in [-0.05, 0) is 46.3 Å². The third-order valence-corrected chi connectivity index (χ3v) is 6.67. The molecule has 182 valence electrons. The average molecular weight is 478 g/mol. The van der Waals surface area contributed by atoms with Crippen molar-refractivity contribution in [3.8, 4) is 0 Å². The number of carbonyl (C=O) groups excluding carboxylic acids is 3. The van der Waals surface area contributed by atoms with E-state index in [0.717, 1.165) is 5.56 Å². The molecule has 0 bridgehead atoms. The number of hydrogen-bond donors (Lipinski definition) is 1. The molecule has 1 fully saturated rings. The van der Waals surface area contributed by atoms with Gasteiger partial charge in [-0.15, -0.1) is 11.8 Å². The van der Waals surface area contributed by atoms with Gasteiger partial charge in [0.2, 0.25) is 0 Å². The van der Waals surface area contributed by atoms with Crippen LogP contribution in [0.15, 0.2) is 42.5 Å². The largest absolute Gasteiger partial charge is 0.469 e. The number of benzene rings is 1. The highest BCUT2D eigenvalue weighted by molar-refractivity contribution is 8.01. The van der Waals surface area contributed by atoms with Crippen molar-refractivity contribution in [3.63, 3.8) is 0 Å². The number of aliphatic hydroxyl groups excluding tert-OH is 1. The van der Waals surface area contributed by atoms with Gasteiger partial charge >= 0.3 is 12.1 Å². The maximum absolute atomic E-state index is 13.2. The first kappa shape index (κ1) is 26.9. The molecular weight excluding hydrogens is 442 g/mol. The Morgan fingerprint density at radius 2 is 1.82 bits per heavy atom. The van der Waals surface area contributed by atoms with Crippen LogP contribution in [-0.4, -0.2) is 62.8 Å². The van der Waals surface area contributed by atoms with Crippen LogP contribution < -0.4 is 0 Å². The summed E-state index contributed by atoms with van der Waals surface area (Å²) in [6.45, 7) is 9.53. The lowest BCUT2D eigenvalue weighted by atomic mass is 9.99. The normalized spacial score (nSPS) is 21.1. The molecule has 2 rings (SSSR count). The van der Waals surface area contributed by atoms with Gasteiger partial charge in [0.05, 0.1) is 31.1 Å². The minimum Gasteiger partial charge on any atom is -0.469 e. The summed E-state index contributed by atoms with van der Waals surface area (Å²) in [5.74, 6) is -0.907. The predicted octanol–water partition coefficient (Wildman–Crippen LogP) is 4.13. The lowest BCUT2D eigenvalue weighted by molar-refractivity contribution is -0.143. The van der Waals surface area contributed by atoms with Crippen LogP contribution in [-0.2, 0) is 25.5 Å². The molecule has 1 aromatic carbocycles. The van der Waals surface area contributed by atoms with Gasteiger partial charge in [0.15, 0.2) is 5.78 Å². The first-order valence-corrected chi connectivity index (χ1v) is 11.9. The summed E-state index contributed by atoms with van der Waals surface area (Å²) < 4.78 is 9.85. The van der Waals surface area contributed by atoms with Crippen LogP contribution in [0.5, 0.6) is 0 Å². The zero-order valence-corrected chi connectivity index (χ0v) is 21.1. The van der Waals surface area contributed by atoms with Crippen LogP contribution in [0.3, 0.4) is 0 Å². The van der Waals surface area contributed by atoms with Crippen LogP contribution in [0, 0.1) is 0 Å². The maximum atomic E-state index is 13.2. The Balaban J connectivity index is 2.24. The summed E-state index contributed by atoms with van der Waals surface area (Å²) in [6.07, 6.45) is 1.73.